The van der Waals surface area contributed by atoms with Gasteiger partial charge in [0.25, 0.3) is 5.56 Å². The molecule has 0 radical (unpaired) electrons. The van der Waals surface area contributed by atoms with E-state index < -0.39 is 6.10 Å². The summed E-state index contributed by atoms with van der Waals surface area (Å²) >= 11 is 0. The van der Waals surface area contributed by atoms with Crippen molar-refractivity contribution in [1.29, 1.82) is 0 Å². The first-order valence-corrected chi connectivity index (χ1v) is 7.70. The van der Waals surface area contributed by atoms with Crippen LogP contribution in [-0.4, -0.2) is 35.9 Å². The number of hydrogen-bond donors (Lipinski definition) is 2. The molecule has 0 saturated carbocycles. The summed E-state index contributed by atoms with van der Waals surface area (Å²) in [5.74, 6) is 0.742. The molecule has 1 aromatic carbocycles. The number of benzene rings is 1. The highest BCUT2D eigenvalue weighted by Crippen LogP contribution is 2.08. The lowest BCUT2D eigenvalue weighted by Crippen LogP contribution is -2.20. The van der Waals surface area contributed by atoms with Gasteiger partial charge in [-0.05, 0) is 18.6 Å². The van der Waals surface area contributed by atoms with Crippen molar-refractivity contribution in [3.63, 3.8) is 0 Å². The van der Waals surface area contributed by atoms with Crippen LogP contribution in [0.15, 0.2) is 35.4 Å². The van der Waals surface area contributed by atoms with Crippen LogP contribution >= 0.6 is 0 Å². The fourth-order valence-corrected chi connectivity index (χ4v) is 2.43. The van der Waals surface area contributed by atoms with E-state index in [4.69, 9.17) is 0 Å². The zero-order valence-corrected chi connectivity index (χ0v) is 12.9. The van der Waals surface area contributed by atoms with Crippen molar-refractivity contribution in [2.45, 2.75) is 38.8 Å². The van der Waals surface area contributed by atoms with E-state index in [-0.39, 0.29) is 5.56 Å². The minimum absolute atomic E-state index is 0.177. The minimum Gasteiger partial charge on any atom is -0.391 e. The molecule has 0 aliphatic carbocycles. The minimum atomic E-state index is -0.447. The van der Waals surface area contributed by atoms with Crippen LogP contribution in [0.1, 0.15) is 24.9 Å². The van der Waals surface area contributed by atoms with Crippen LogP contribution in [0.2, 0.25) is 0 Å². The maximum Gasteiger partial charge on any atom is 0.270 e. The lowest BCUT2D eigenvalue weighted by molar-refractivity contribution is 0.143. The van der Waals surface area contributed by atoms with E-state index in [0.717, 1.165) is 16.9 Å². The number of rotatable bonds is 6. The molecule has 0 fully saturated rings. The SMILES string of the molecule is CC[C@H](O)Cn1ncnc1CCc1nc2ccccc2[nH]c1=O. The molecule has 23 heavy (non-hydrogen) atoms. The maximum atomic E-state index is 12.1. The number of aromatic amines is 1. The highest BCUT2D eigenvalue weighted by atomic mass is 16.3. The molecule has 0 spiro atoms. The number of nitrogens with zero attached hydrogens (tertiary/aromatic N) is 4. The Hall–Kier alpha value is -2.54. The number of hydrogen-bond acceptors (Lipinski definition) is 5. The van der Waals surface area contributed by atoms with E-state index in [1.807, 2.05) is 31.2 Å². The molecular weight excluding hydrogens is 294 g/mol. The van der Waals surface area contributed by atoms with Crippen molar-refractivity contribution < 1.29 is 5.11 Å². The largest absolute Gasteiger partial charge is 0.391 e. The van der Waals surface area contributed by atoms with E-state index in [1.54, 1.807) is 4.68 Å². The summed E-state index contributed by atoms with van der Waals surface area (Å²) in [6.07, 6.45) is 2.70. The van der Waals surface area contributed by atoms with Gasteiger partial charge in [0.2, 0.25) is 0 Å². The predicted molar refractivity (Wildman–Crippen MR) is 86.1 cm³/mol. The third-order valence-corrected chi connectivity index (χ3v) is 3.81. The van der Waals surface area contributed by atoms with Crippen LogP contribution in [0.3, 0.4) is 0 Å². The summed E-state index contributed by atoms with van der Waals surface area (Å²) in [6.45, 7) is 2.33. The van der Waals surface area contributed by atoms with Crippen LogP contribution in [-0.2, 0) is 19.4 Å². The summed E-state index contributed by atoms with van der Waals surface area (Å²) in [7, 11) is 0. The number of aliphatic hydroxyl groups excluding tert-OH is 1. The first kappa shape index (κ1) is 15.4. The third-order valence-electron chi connectivity index (χ3n) is 3.81. The molecule has 0 unspecified atom stereocenters. The number of aliphatic hydroxyl groups is 1. The average molecular weight is 313 g/mol. The molecule has 7 heteroatoms. The zero-order chi connectivity index (χ0) is 16.2. The first-order valence-electron chi connectivity index (χ1n) is 7.70. The molecule has 120 valence electrons. The third kappa shape index (κ3) is 3.45. The van der Waals surface area contributed by atoms with Gasteiger partial charge in [-0.25, -0.2) is 14.6 Å². The Morgan fingerprint density at radius 3 is 2.96 bits per heavy atom. The molecule has 2 N–H and O–H groups in total. The molecule has 0 saturated heterocycles. The van der Waals surface area contributed by atoms with Crippen LogP contribution < -0.4 is 5.56 Å². The number of H-pyrrole nitrogens is 1. The Balaban J connectivity index is 1.77. The molecule has 3 aromatic rings. The normalized spacial score (nSPS) is 12.6. The van der Waals surface area contributed by atoms with Crippen molar-refractivity contribution >= 4 is 11.0 Å². The van der Waals surface area contributed by atoms with Crippen molar-refractivity contribution in [3.05, 3.63) is 52.5 Å². The molecule has 2 heterocycles. The molecule has 0 bridgehead atoms. The van der Waals surface area contributed by atoms with Gasteiger partial charge in [-0.1, -0.05) is 19.1 Å². The molecule has 2 aromatic heterocycles. The number of aryl methyl sites for hydroxylation is 2. The second kappa shape index (κ2) is 6.70. The monoisotopic (exact) mass is 313 g/mol. The van der Waals surface area contributed by atoms with Crippen molar-refractivity contribution in [3.8, 4) is 0 Å². The number of aromatic nitrogens is 5. The van der Waals surface area contributed by atoms with E-state index >= 15 is 0 Å². The van der Waals surface area contributed by atoms with Crippen LogP contribution in [0.4, 0.5) is 0 Å². The summed E-state index contributed by atoms with van der Waals surface area (Å²) in [5.41, 5.74) is 1.80. The topological polar surface area (TPSA) is 96.7 Å². The van der Waals surface area contributed by atoms with Gasteiger partial charge < -0.3 is 10.1 Å². The van der Waals surface area contributed by atoms with Gasteiger partial charge in [-0.15, -0.1) is 0 Å². The summed E-state index contributed by atoms with van der Waals surface area (Å²) in [5, 5.41) is 13.9. The van der Waals surface area contributed by atoms with Crippen molar-refractivity contribution in [2.24, 2.45) is 0 Å². The molecule has 0 aliphatic heterocycles. The molecular formula is C16H19N5O2. The van der Waals surface area contributed by atoms with Crippen molar-refractivity contribution in [1.82, 2.24) is 24.7 Å². The number of fused-ring (bicyclic) bond motifs is 1. The van der Waals surface area contributed by atoms with Gasteiger partial charge in [0.15, 0.2) is 0 Å². The predicted octanol–water partition coefficient (Wildman–Crippen LogP) is 1.07. The first-order chi connectivity index (χ1) is 11.2. The molecule has 3 rings (SSSR count). The van der Waals surface area contributed by atoms with Gasteiger partial charge >= 0.3 is 0 Å². The highest BCUT2D eigenvalue weighted by Gasteiger charge is 2.11. The van der Waals surface area contributed by atoms with Gasteiger partial charge in [0, 0.05) is 12.8 Å². The summed E-state index contributed by atoms with van der Waals surface area (Å²) in [4.78, 5) is 23.6. The van der Waals surface area contributed by atoms with E-state index in [2.05, 4.69) is 20.1 Å². The molecule has 7 nitrogen and oxygen atoms in total. The van der Waals surface area contributed by atoms with E-state index in [0.29, 0.717) is 31.5 Å². The standard InChI is InChI=1S/C16H19N5O2/c1-2-11(22)9-21-15(17-10-18-21)8-7-14-16(23)20-13-6-4-3-5-12(13)19-14/h3-6,10-11,22H,2,7-9H2,1H3,(H,20,23)/t11-/m0/s1. The average Bonchev–Trinajstić information content (AvgIpc) is 2.99. The number of para-hydroxylation sites is 2. The highest BCUT2D eigenvalue weighted by molar-refractivity contribution is 5.73. The smallest absolute Gasteiger partial charge is 0.270 e. The van der Waals surface area contributed by atoms with Crippen LogP contribution in [0.5, 0.6) is 0 Å². The second-order valence-corrected chi connectivity index (χ2v) is 5.45. The van der Waals surface area contributed by atoms with Gasteiger partial charge in [-0.2, -0.15) is 5.10 Å². The van der Waals surface area contributed by atoms with Gasteiger partial charge in [0.05, 0.1) is 23.7 Å². The zero-order valence-electron chi connectivity index (χ0n) is 12.9. The molecule has 0 aliphatic rings. The fourth-order valence-electron chi connectivity index (χ4n) is 2.43. The Kier molecular flexibility index (Phi) is 4.47. The Bertz CT molecular complexity index is 855. The Morgan fingerprint density at radius 2 is 2.13 bits per heavy atom. The molecule has 0 amide bonds. The lowest BCUT2D eigenvalue weighted by Gasteiger charge is -2.10. The van der Waals surface area contributed by atoms with Crippen LogP contribution in [0.25, 0.3) is 11.0 Å². The number of nitrogens with one attached hydrogen (secondary N) is 1. The Morgan fingerprint density at radius 1 is 1.30 bits per heavy atom. The lowest BCUT2D eigenvalue weighted by atomic mass is 10.2. The van der Waals surface area contributed by atoms with Crippen molar-refractivity contribution in [2.75, 3.05) is 0 Å². The molecule has 1 atom stereocenters. The summed E-state index contributed by atoms with van der Waals surface area (Å²) in [6, 6.07) is 7.45. The summed E-state index contributed by atoms with van der Waals surface area (Å²) < 4.78 is 1.68. The quantitative estimate of drug-likeness (QED) is 0.709. The maximum absolute atomic E-state index is 12.1. The van der Waals surface area contributed by atoms with Gasteiger partial charge in [-0.3, -0.25) is 4.79 Å². The van der Waals surface area contributed by atoms with E-state index in [1.165, 1.54) is 6.33 Å². The van der Waals surface area contributed by atoms with E-state index in [9.17, 15) is 9.90 Å². The van der Waals surface area contributed by atoms with Crippen LogP contribution in [0, 0.1) is 0 Å². The fraction of sp³-hybridized carbons (Fsp3) is 0.375. The Labute approximate surface area is 133 Å². The second-order valence-electron chi connectivity index (χ2n) is 5.45. The van der Waals surface area contributed by atoms with Gasteiger partial charge in [0.1, 0.15) is 17.8 Å².